The van der Waals surface area contributed by atoms with Crippen LogP contribution in [0.4, 0.5) is 0 Å². The minimum Gasteiger partial charge on any atom is -0.394 e. The van der Waals surface area contributed by atoms with Crippen molar-refractivity contribution in [2.45, 2.75) is 362 Å². The average molecular weight is 1190 g/mol. The third kappa shape index (κ3) is 30.5. The van der Waals surface area contributed by atoms with Crippen LogP contribution in [0.3, 0.4) is 0 Å². The van der Waals surface area contributed by atoms with Crippen LogP contribution in [0.15, 0.2) is 12.2 Å². The molecule has 0 aromatic rings. The number of ether oxygens (including phenoxy) is 6. The Morgan fingerprint density at radius 1 is 0.422 bits per heavy atom. The highest BCUT2D eigenvalue weighted by Gasteiger charge is 2.53. The lowest BCUT2D eigenvalue weighted by Crippen LogP contribution is -2.66. The maximum atomic E-state index is 13.4. The molecule has 3 heterocycles. The number of carbonyl (C=O) groups excluding carboxylic acids is 1. The normalized spacial score (nSPS) is 29.4. The highest BCUT2D eigenvalue weighted by atomic mass is 16.8. The van der Waals surface area contributed by atoms with E-state index in [1.807, 2.05) is 0 Å². The van der Waals surface area contributed by atoms with E-state index in [4.69, 9.17) is 28.4 Å². The van der Waals surface area contributed by atoms with Crippen LogP contribution in [-0.4, -0.2) is 193 Å². The summed E-state index contributed by atoms with van der Waals surface area (Å²) in [6, 6.07) is -0.885. The molecule has 3 rings (SSSR count). The zero-order chi connectivity index (χ0) is 60.5. The molecule has 0 aliphatic carbocycles. The molecule has 19 nitrogen and oxygen atoms in total. The predicted octanol–water partition coefficient (Wildman–Crippen LogP) is 7.72. The third-order valence-corrected chi connectivity index (χ3v) is 17.1. The molecule has 3 saturated heterocycles. The number of allylic oxidation sites excluding steroid dienone is 2. The van der Waals surface area contributed by atoms with Crippen LogP contribution in [0.2, 0.25) is 0 Å². The molecule has 12 N–H and O–H groups in total. The van der Waals surface area contributed by atoms with E-state index in [0.717, 1.165) is 51.4 Å². The van der Waals surface area contributed by atoms with Gasteiger partial charge in [0.1, 0.15) is 73.2 Å². The zero-order valence-corrected chi connectivity index (χ0v) is 51.4. The number of amides is 1. The first-order chi connectivity index (χ1) is 40.3. The van der Waals surface area contributed by atoms with Crippen molar-refractivity contribution in [1.29, 1.82) is 0 Å². The number of hydrogen-bond acceptors (Lipinski definition) is 18. The lowest BCUT2D eigenvalue weighted by molar-refractivity contribution is -0.379. The van der Waals surface area contributed by atoms with Crippen LogP contribution in [0.5, 0.6) is 0 Å². The number of nitrogens with one attached hydrogen (secondary N) is 1. The first-order valence-corrected chi connectivity index (χ1v) is 33.4. The van der Waals surface area contributed by atoms with Crippen molar-refractivity contribution in [1.82, 2.24) is 5.32 Å². The molecular formula is C64H121NO18. The first kappa shape index (κ1) is 75.8. The van der Waals surface area contributed by atoms with Crippen molar-refractivity contribution in [3.8, 4) is 0 Å². The summed E-state index contributed by atoms with van der Waals surface area (Å²) in [6.07, 6.45) is 22.8. The summed E-state index contributed by atoms with van der Waals surface area (Å²) in [6.45, 7) is 1.82. The van der Waals surface area contributed by atoms with Crippen LogP contribution in [0.1, 0.15) is 258 Å². The van der Waals surface area contributed by atoms with Gasteiger partial charge in [0, 0.05) is 6.42 Å². The standard InChI is InChI=1S/C64H121NO18/c1-3-5-7-9-11-13-15-17-19-21-23-25-27-29-31-33-35-37-39-41-48(69)47(65-52(70)42-40-38-36-34-32-30-28-26-24-22-20-18-16-14-12-10-8-6-4-2)46-78-62-58(76)55(73)60(50(44-67)80-62)83-64-59(77)56(74)61(51(45-68)81-64)82-63-57(75)54(72)53(71)49(43-66)79-63/h18,20,47-51,53-64,66-69,71-77H,3-17,19,21-46H2,1-2H3,(H,65,70)/b20-18-. The maximum absolute atomic E-state index is 13.4. The number of unbranched alkanes of at least 4 members (excludes halogenated alkanes) is 33. The molecule has 0 spiro atoms. The van der Waals surface area contributed by atoms with Gasteiger partial charge >= 0.3 is 0 Å². The van der Waals surface area contributed by atoms with Crippen molar-refractivity contribution in [2.24, 2.45) is 0 Å². The van der Waals surface area contributed by atoms with Crippen molar-refractivity contribution in [3.05, 3.63) is 12.2 Å². The van der Waals surface area contributed by atoms with Gasteiger partial charge in [-0.3, -0.25) is 4.79 Å². The van der Waals surface area contributed by atoms with Gasteiger partial charge in [-0.1, -0.05) is 225 Å². The Kier molecular flexibility index (Phi) is 43.4. The smallest absolute Gasteiger partial charge is 0.220 e. The van der Waals surface area contributed by atoms with E-state index in [2.05, 4.69) is 31.3 Å². The molecule has 83 heavy (non-hydrogen) atoms. The summed E-state index contributed by atoms with van der Waals surface area (Å²) in [5.74, 6) is -0.242. The van der Waals surface area contributed by atoms with E-state index < -0.39 is 124 Å². The lowest BCUT2D eigenvalue weighted by Gasteiger charge is -2.48. The highest BCUT2D eigenvalue weighted by Crippen LogP contribution is 2.33. The van der Waals surface area contributed by atoms with Crippen molar-refractivity contribution < 1.29 is 89.4 Å². The number of hydrogen-bond donors (Lipinski definition) is 12. The molecule has 1 amide bonds. The molecule has 17 atom stereocenters. The van der Waals surface area contributed by atoms with Crippen LogP contribution in [0.25, 0.3) is 0 Å². The van der Waals surface area contributed by atoms with Gasteiger partial charge in [0.25, 0.3) is 0 Å². The Hall–Kier alpha value is -1.47. The number of aliphatic hydroxyl groups excluding tert-OH is 11. The second kappa shape index (κ2) is 47.5. The van der Waals surface area contributed by atoms with E-state index in [-0.39, 0.29) is 18.9 Å². The Labute approximate surface area is 499 Å². The van der Waals surface area contributed by atoms with Gasteiger partial charge in [0.15, 0.2) is 18.9 Å². The van der Waals surface area contributed by atoms with Gasteiger partial charge in [-0.05, 0) is 38.5 Å². The fourth-order valence-corrected chi connectivity index (χ4v) is 11.6. The number of carbonyl (C=O) groups is 1. The Balaban J connectivity index is 1.46. The molecule has 0 saturated carbocycles. The largest absolute Gasteiger partial charge is 0.394 e. The molecule has 0 bridgehead atoms. The molecule has 19 heteroatoms. The highest BCUT2D eigenvalue weighted by molar-refractivity contribution is 5.76. The number of aliphatic hydroxyl groups is 11. The average Bonchev–Trinajstić information content (AvgIpc) is 3.43. The monoisotopic (exact) mass is 1190 g/mol. The second-order valence-corrected chi connectivity index (χ2v) is 24.3. The van der Waals surface area contributed by atoms with E-state index in [1.165, 1.54) is 173 Å². The SMILES string of the molecule is CCCCCCCC/C=C\CCCCCCCCCCCC(=O)NC(COC1OC(CO)C(OC2OC(CO)C(OC3OC(CO)C(O)C(O)C3O)C(O)C2O)C(O)C1O)C(O)CCCCCCCCCCCCCCCCCCCCC. The summed E-state index contributed by atoms with van der Waals surface area (Å²) in [5, 5.41) is 121. The first-order valence-electron chi connectivity index (χ1n) is 33.4. The minimum atomic E-state index is -1.97. The van der Waals surface area contributed by atoms with E-state index in [0.29, 0.717) is 12.8 Å². The summed E-state index contributed by atoms with van der Waals surface area (Å²) in [7, 11) is 0. The summed E-state index contributed by atoms with van der Waals surface area (Å²) < 4.78 is 34.4. The fraction of sp³-hybridized carbons (Fsp3) is 0.953. The molecule has 17 unspecified atom stereocenters. The zero-order valence-electron chi connectivity index (χ0n) is 51.4. The van der Waals surface area contributed by atoms with Gasteiger partial charge < -0.3 is 89.9 Å². The summed E-state index contributed by atoms with van der Waals surface area (Å²) >= 11 is 0. The van der Waals surface area contributed by atoms with Crippen LogP contribution < -0.4 is 5.32 Å². The molecule has 0 aromatic carbocycles. The molecule has 0 radical (unpaired) electrons. The fourth-order valence-electron chi connectivity index (χ4n) is 11.6. The number of rotatable bonds is 51. The van der Waals surface area contributed by atoms with E-state index in [9.17, 15) is 61.0 Å². The van der Waals surface area contributed by atoms with Crippen molar-refractivity contribution >= 4 is 5.91 Å². The molecule has 3 aliphatic heterocycles. The summed E-state index contributed by atoms with van der Waals surface area (Å²) in [4.78, 5) is 13.4. The third-order valence-electron chi connectivity index (χ3n) is 17.1. The van der Waals surface area contributed by atoms with Crippen molar-refractivity contribution in [2.75, 3.05) is 26.4 Å². The van der Waals surface area contributed by atoms with Crippen LogP contribution in [-0.2, 0) is 33.2 Å². The van der Waals surface area contributed by atoms with Gasteiger partial charge in [-0.15, -0.1) is 0 Å². The van der Waals surface area contributed by atoms with Crippen molar-refractivity contribution in [3.63, 3.8) is 0 Å². The topological polar surface area (TPSA) is 307 Å². The van der Waals surface area contributed by atoms with E-state index >= 15 is 0 Å². The van der Waals surface area contributed by atoms with Gasteiger partial charge in [-0.25, -0.2) is 0 Å². The maximum Gasteiger partial charge on any atom is 0.220 e. The van der Waals surface area contributed by atoms with Crippen LogP contribution in [0, 0.1) is 0 Å². The predicted molar refractivity (Wildman–Crippen MR) is 319 cm³/mol. The molecule has 490 valence electrons. The Bertz CT molecular complexity index is 1560. The molecular weight excluding hydrogens is 1070 g/mol. The minimum absolute atomic E-state index is 0.242. The Morgan fingerprint density at radius 3 is 1.17 bits per heavy atom. The molecule has 3 aliphatic rings. The molecule has 0 aromatic heterocycles. The second-order valence-electron chi connectivity index (χ2n) is 24.3. The Morgan fingerprint density at radius 2 is 0.759 bits per heavy atom. The lowest BCUT2D eigenvalue weighted by atomic mass is 9.96. The quantitative estimate of drug-likeness (QED) is 0.0205. The summed E-state index contributed by atoms with van der Waals surface area (Å²) in [5.41, 5.74) is 0. The molecule has 3 fully saturated rings. The van der Waals surface area contributed by atoms with Gasteiger partial charge in [-0.2, -0.15) is 0 Å². The van der Waals surface area contributed by atoms with Gasteiger partial charge in [0.05, 0.1) is 38.6 Å². The van der Waals surface area contributed by atoms with Gasteiger partial charge in [0.2, 0.25) is 5.91 Å². The van der Waals surface area contributed by atoms with E-state index in [1.54, 1.807) is 0 Å². The van der Waals surface area contributed by atoms with Crippen LogP contribution >= 0.6 is 0 Å².